The minimum absolute atomic E-state index is 0.0213. The molecule has 0 unspecified atom stereocenters. The van der Waals surface area contributed by atoms with Gasteiger partial charge in [0.2, 0.25) is 5.91 Å². The van der Waals surface area contributed by atoms with Gasteiger partial charge < -0.3 is 10.0 Å². The molecule has 0 bridgehead atoms. The zero-order chi connectivity index (χ0) is 16.9. The molecule has 1 heterocycles. The molecular weight excluding hydrogens is 320 g/mol. The van der Waals surface area contributed by atoms with E-state index in [9.17, 15) is 9.90 Å². The molecule has 1 N–H and O–H groups in total. The normalized spacial score (nSPS) is 10.5. The third kappa shape index (κ3) is 4.00. The van der Waals surface area contributed by atoms with Crippen LogP contribution in [0.5, 0.6) is 5.75 Å². The first-order valence-electron chi connectivity index (χ1n) is 7.63. The number of nitrogens with zero attached hydrogens (tertiary/aromatic N) is 2. The number of hydrogen-bond donors (Lipinski definition) is 1. The van der Waals surface area contributed by atoms with Gasteiger partial charge in [-0.3, -0.25) is 4.79 Å². The maximum absolute atomic E-state index is 12.4. The molecule has 122 valence electrons. The molecule has 0 saturated heterocycles. The van der Waals surface area contributed by atoms with Gasteiger partial charge in [0.1, 0.15) is 10.8 Å². The van der Waals surface area contributed by atoms with Crippen molar-refractivity contribution < 1.29 is 9.90 Å². The van der Waals surface area contributed by atoms with Crippen LogP contribution >= 0.6 is 11.3 Å². The van der Waals surface area contributed by atoms with E-state index in [0.717, 1.165) is 21.8 Å². The molecule has 0 spiro atoms. The maximum Gasteiger partial charge on any atom is 0.228 e. The fraction of sp³-hybridized carbons (Fsp3) is 0.158. The Hall–Kier alpha value is -2.66. The Balaban J connectivity index is 1.62. The number of hydrogen-bond acceptors (Lipinski definition) is 4. The average Bonchev–Trinajstić information content (AvgIpc) is 3.06. The fourth-order valence-corrected chi connectivity index (χ4v) is 3.18. The molecule has 0 aliphatic rings. The summed E-state index contributed by atoms with van der Waals surface area (Å²) in [5, 5.41) is 12.2. The summed E-state index contributed by atoms with van der Waals surface area (Å²) in [6.07, 6.45) is 0.290. The number of thiazole rings is 1. The van der Waals surface area contributed by atoms with Gasteiger partial charge in [-0.1, -0.05) is 42.5 Å². The number of phenols is 1. The Kier molecular flexibility index (Phi) is 4.91. The lowest BCUT2D eigenvalue weighted by molar-refractivity contribution is -0.129. The number of carbonyl (C=O) groups excluding carboxylic acids is 1. The van der Waals surface area contributed by atoms with Crippen LogP contribution in [0.15, 0.2) is 60.0 Å². The number of carbonyl (C=O) groups is 1. The van der Waals surface area contributed by atoms with Crippen molar-refractivity contribution in [3.05, 3.63) is 71.2 Å². The van der Waals surface area contributed by atoms with E-state index in [2.05, 4.69) is 4.98 Å². The molecule has 5 heteroatoms. The largest absolute Gasteiger partial charge is 0.508 e. The lowest BCUT2D eigenvalue weighted by Crippen LogP contribution is -2.27. The van der Waals surface area contributed by atoms with Crippen LogP contribution in [0.2, 0.25) is 0 Å². The summed E-state index contributed by atoms with van der Waals surface area (Å²) < 4.78 is 0. The molecule has 2 aromatic carbocycles. The molecule has 1 amide bonds. The number of amides is 1. The van der Waals surface area contributed by atoms with E-state index in [0.29, 0.717) is 6.54 Å². The van der Waals surface area contributed by atoms with Gasteiger partial charge in [0.15, 0.2) is 0 Å². The summed E-state index contributed by atoms with van der Waals surface area (Å²) in [7, 11) is 1.78. The van der Waals surface area contributed by atoms with E-state index in [1.807, 2.05) is 47.8 Å². The van der Waals surface area contributed by atoms with E-state index in [-0.39, 0.29) is 18.1 Å². The molecule has 3 aromatic rings. The van der Waals surface area contributed by atoms with Crippen LogP contribution in [-0.4, -0.2) is 27.9 Å². The van der Waals surface area contributed by atoms with Gasteiger partial charge in [0, 0.05) is 24.5 Å². The van der Waals surface area contributed by atoms with Crippen LogP contribution in [0.3, 0.4) is 0 Å². The Morgan fingerprint density at radius 1 is 1.12 bits per heavy atom. The molecule has 0 fully saturated rings. The van der Waals surface area contributed by atoms with Crippen LogP contribution in [0, 0.1) is 0 Å². The third-order valence-corrected chi connectivity index (χ3v) is 4.63. The van der Waals surface area contributed by atoms with Crippen molar-refractivity contribution in [1.82, 2.24) is 9.88 Å². The highest BCUT2D eigenvalue weighted by atomic mass is 32.1. The SMILES string of the molecule is CN(Cc1ccc(O)cc1)C(=O)Cc1csc(-c2ccccc2)n1. The number of rotatable bonds is 5. The van der Waals surface area contributed by atoms with Crippen molar-refractivity contribution in [3.63, 3.8) is 0 Å². The summed E-state index contributed by atoms with van der Waals surface area (Å²) in [5.41, 5.74) is 2.84. The van der Waals surface area contributed by atoms with Gasteiger partial charge in [-0.25, -0.2) is 4.98 Å². The minimum atomic E-state index is 0.0213. The summed E-state index contributed by atoms with van der Waals surface area (Å²) in [5.74, 6) is 0.247. The summed E-state index contributed by atoms with van der Waals surface area (Å²) in [4.78, 5) is 18.6. The molecule has 0 saturated carbocycles. The van der Waals surface area contributed by atoms with E-state index in [1.165, 1.54) is 0 Å². The summed E-state index contributed by atoms with van der Waals surface area (Å²) in [6, 6.07) is 16.8. The predicted molar refractivity (Wildman–Crippen MR) is 95.8 cm³/mol. The molecule has 4 nitrogen and oxygen atoms in total. The topological polar surface area (TPSA) is 53.4 Å². The summed E-state index contributed by atoms with van der Waals surface area (Å²) in [6.45, 7) is 0.509. The zero-order valence-corrected chi connectivity index (χ0v) is 14.2. The van der Waals surface area contributed by atoms with Crippen LogP contribution in [0.1, 0.15) is 11.3 Å². The van der Waals surface area contributed by atoms with Crippen molar-refractivity contribution >= 4 is 17.2 Å². The second kappa shape index (κ2) is 7.27. The van der Waals surface area contributed by atoms with Crippen molar-refractivity contribution in [2.75, 3.05) is 7.05 Å². The minimum Gasteiger partial charge on any atom is -0.508 e. The van der Waals surface area contributed by atoms with Crippen LogP contribution in [0.25, 0.3) is 10.6 Å². The Labute approximate surface area is 145 Å². The monoisotopic (exact) mass is 338 g/mol. The molecule has 24 heavy (non-hydrogen) atoms. The first kappa shape index (κ1) is 16.2. The van der Waals surface area contributed by atoms with E-state index >= 15 is 0 Å². The Morgan fingerprint density at radius 3 is 2.54 bits per heavy atom. The molecule has 1 aromatic heterocycles. The van der Waals surface area contributed by atoms with Gasteiger partial charge in [0.05, 0.1) is 12.1 Å². The Bertz CT molecular complexity index is 813. The standard InChI is InChI=1S/C19H18N2O2S/c1-21(12-14-7-9-17(22)10-8-14)18(23)11-16-13-24-19(20-16)15-5-3-2-4-6-15/h2-10,13,22H,11-12H2,1H3. The second-order valence-corrected chi connectivity index (χ2v) is 6.46. The van der Waals surface area contributed by atoms with Gasteiger partial charge >= 0.3 is 0 Å². The lowest BCUT2D eigenvalue weighted by atomic mass is 10.2. The van der Waals surface area contributed by atoms with Gasteiger partial charge in [-0.05, 0) is 17.7 Å². The molecule has 3 rings (SSSR count). The first-order valence-corrected chi connectivity index (χ1v) is 8.51. The van der Waals surface area contributed by atoms with Gasteiger partial charge in [0.25, 0.3) is 0 Å². The van der Waals surface area contributed by atoms with Crippen LogP contribution in [0.4, 0.5) is 0 Å². The van der Waals surface area contributed by atoms with E-state index < -0.39 is 0 Å². The number of phenolic OH excluding ortho intramolecular Hbond substituents is 1. The van der Waals surface area contributed by atoms with Crippen molar-refractivity contribution in [2.45, 2.75) is 13.0 Å². The average molecular weight is 338 g/mol. The van der Waals surface area contributed by atoms with Gasteiger partial charge in [-0.2, -0.15) is 0 Å². The number of aromatic nitrogens is 1. The second-order valence-electron chi connectivity index (χ2n) is 5.60. The van der Waals surface area contributed by atoms with Crippen LogP contribution < -0.4 is 0 Å². The predicted octanol–water partition coefficient (Wildman–Crippen LogP) is 3.72. The number of likely N-dealkylation sites (N-methyl/N-ethyl adjacent to an activating group) is 1. The highest BCUT2D eigenvalue weighted by Gasteiger charge is 2.13. The molecule has 0 aliphatic carbocycles. The molecule has 0 radical (unpaired) electrons. The molecule has 0 aliphatic heterocycles. The van der Waals surface area contributed by atoms with Crippen molar-refractivity contribution in [1.29, 1.82) is 0 Å². The van der Waals surface area contributed by atoms with Crippen LogP contribution in [-0.2, 0) is 17.8 Å². The third-order valence-electron chi connectivity index (χ3n) is 3.69. The molecular formula is C19H18N2O2S. The lowest BCUT2D eigenvalue weighted by Gasteiger charge is -2.16. The number of aromatic hydroxyl groups is 1. The smallest absolute Gasteiger partial charge is 0.228 e. The maximum atomic E-state index is 12.4. The zero-order valence-electron chi connectivity index (χ0n) is 13.3. The first-order chi connectivity index (χ1) is 11.6. The van der Waals surface area contributed by atoms with Crippen molar-refractivity contribution in [2.24, 2.45) is 0 Å². The quantitative estimate of drug-likeness (QED) is 0.771. The highest BCUT2D eigenvalue weighted by Crippen LogP contribution is 2.23. The highest BCUT2D eigenvalue weighted by molar-refractivity contribution is 7.13. The number of benzene rings is 2. The summed E-state index contributed by atoms with van der Waals surface area (Å²) >= 11 is 1.55. The Morgan fingerprint density at radius 2 is 1.83 bits per heavy atom. The van der Waals surface area contributed by atoms with E-state index in [1.54, 1.807) is 35.4 Å². The van der Waals surface area contributed by atoms with Gasteiger partial charge in [-0.15, -0.1) is 11.3 Å². The fourth-order valence-electron chi connectivity index (χ4n) is 2.35. The van der Waals surface area contributed by atoms with E-state index in [4.69, 9.17) is 0 Å². The van der Waals surface area contributed by atoms with Crippen molar-refractivity contribution in [3.8, 4) is 16.3 Å². The molecule has 0 atom stereocenters.